The highest BCUT2D eigenvalue weighted by atomic mass is 32.2. The molecule has 7 heteroatoms. The maximum Gasteiger partial charge on any atom is 0.260 e. The molecule has 0 aromatic heterocycles. The summed E-state index contributed by atoms with van der Waals surface area (Å²) in [6.07, 6.45) is 1.85. The normalized spacial score (nSPS) is 16.4. The third-order valence-corrected chi connectivity index (χ3v) is 6.12. The Balaban J connectivity index is 1.46. The molecule has 33 heavy (non-hydrogen) atoms. The second kappa shape index (κ2) is 10.4. The molecule has 1 fully saturated rings. The van der Waals surface area contributed by atoms with Crippen LogP contribution in [0.2, 0.25) is 0 Å². The molecule has 3 aromatic carbocycles. The molecule has 1 saturated heterocycles. The van der Waals surface area contributed by atoms with Crippen LogP contribution >= 0.6 is 11.8 Å². The predicted octanol–water partition coefficient (Wildman–Crippen LogP) is 5.19. The summed E-state index contributed by atoms with van der Waals surface area (Å²) in [7, 11) is 3.23. The van der Waals surface area contributed by atoms with Gasteiger partial charge in [-0.1, -0.05) is 54.2 Å². The molecule has 0 spiro atoms. The molecule has 1 heterocycles. The van der Waals surface area contributed by atoms with E-state index in [0.29, 0.717) is 23.0 Å². The van der Waals surface area contributed by atoms with Crippen molar-refractivity contribution in [2.75, 3.05) is 19.5 Å². The second-order valence-corrected chi connectivity index (χ2v) is 8.66. The maximum absolute atomic E-state index is 12.6. The van der Waals surface area contributed by atoms with Crippen LogP contribution in [0.1, 0.15) is 16.7 Å². The van der Waals surface area contributed by atoms with Crippen LogP contribution in [0.3, 0.4) is 0 Å². The summed E-state index contributed by atoms with van der Waals surface area (Å²) in [4.78, 5) is 13.2. The average Bonchev–Trinajstić information content (AvgIpc) is 3.17. The van der Waals surface area contributed by atoms with Gasteiger partial charge in [0.05, 0.1) is 24.8 Å². The number of ether oxygens (including phenoxy) is 3. The molecule has 2 N–H and O–H groups in total. The number of anilines is 1. The number of methoxy groups -OCH3 is 2. The van der Waals surface area contributed by atoms with Crippen LogP contribution in [-0.4, -0.2) is 25.6 Å². The number of carbonyl (C=O) groups excluding carboxylic acids is 1. The van der Waals surface area contributed by atoms with Crippen molar-refractivity contribution in [1.82, 2.24) is 5.32 Å². The Morgan fingerprint density at radius 2 is 1.73 bits per heavy atom. The number of hydrogen-bond donors (Lipinski definition) is 2. The molecule has 1 unspecified atom stereocenters. The molecule has 1 aliphatic rings. The zero-order valence-corrected chi connectivity index (χ0v) is 19.6. The molecule has 0 aliphatic carbocycles. The second-order valence-electron chi connectivity index (χ2n) is 7.51. The molecule has 4 rings (SSSR count). The summed E-state index contributed by atoms with van der Waals surface area (Å²) < 4.78 is 16.9. The van der Waals surface area contributed by atoms with Gasteiger partial charge in [-0.2, -0.15) is 0 Å². The van der Waals surface area contributed by atoms with Gasteiger partial charge in [0.15, 0.2) is 17.0 Å². The number of thioether (sulfide) groups is 1. The van der Waals surface area contributed by atoms with Crippen molar-refractivity contribution < 1.29 is 19.0 Å². The smallest absolute Gasteiger partial charge is 0.260 e. The third-order valence-electron chi connectivity index (χ3n) is 5.09. The van der Waals surface area contributed by atoms with E-state index < -0.39 is 0 Å². The zero-order valence-electron chi connectivity index (χ0n) is 18.8. The fourth-order valence-electron chi connectivity index (χ4n) is 3.42. The molecule has 6 nitrogen and oxygen atoms in total. The van der Waals surface area contributed by atoms with Crippen molar-refractivity contribution in [3.8, 4) is 17.2 Å². The van der Waals surface area contributed by atoms with Crippen LogP contribution in [0, 0.1) is 6.92 Å². The van der Waals surface area contributed by atoms with E-state index in [1.165, 1.54) is 11.8 Å². The molecular formula is C26H26N2O4S. The topological polar surface area (TPSA) is 68.8 Å². The molecular weight excluding hydrogens is 436 g/mol. The fraction of sp³-hybridized carbons (Fsp3) is 0.192. The number of amides is 1. The van der Waals surface area contributed by atoms with Crippen molar-refractivity contribution >= 4 is 29.4 Å². The van der Waals surface area contributed by atoms with E-state index in [4.69, 9.17) is 14.2 Å². The predicted molar refractivity (Wildman–Crippen MR) is 133 cm³/mol. The Kier molecular flexibility index (Phi) is 7.10. The van der Waals surface area contributed by atoms with Gasteiger partial charge in [0.1, 0.15) is 12.4 Å². The molecule has 1 amide bonds. The number of rotatable bonds is 8. The van der Waals surface area contributed by atoms with Gasteiger partial charge in [-0.25, -0.2) is 0 Å². The van der Waals surface area contributed by atoms with Crippen LogP contribution in [0.25, 0.3) is 6.08 Å². The fourth-order valence-corrected chi connectivity index (χ4v) is 4.40. The van der Waals surface area contributed by atoms with Crippen molar-refractivity contribution in [2.24, 2.45) is 0 Å². The average molecular weight is 463 g/mol. The van der Waals surface area contributed by atoms with E-state index >= 15 is 0 Å². The zero-order chi connectivity index (χ0) is 23.2. The van der Waals surface area contributed by atoms with Crippen LogP contribution < -0.4 is 24.8 Å². The lowest BCUT2D eigenvalue weighted by Gasteiger charge is -2.16. The van der Waals surface area contributed by atoms with Gasteiger partial charge < -0.3 is 24.8 Å². The monoisotopic (exact) mass is 462 g/mol. The van der Waals surface area contributed by atoms with E-state index in [1.807, 2.05) is 79.7 Å². The van der Waals surface area contributed by atoms with Crippen LogP contribution in [0.5, 0.6) is 17.2 Å². The Morgan fingerprint density at radius 3 is 2.48 bits per heavy atom. The quantitative estimate of drug-likeness (QED) is 0.449. The number of carbonyl (C=O) groups is 1. The first-order valence-corrected chi connectivity index (χ1v) is 11.4. The van der Waals surface area contributed by atoms with Gasteiger partial charge in [-0.3, -0.25) is 4.79 Å². The standard InChI is InChI=1S/C26H26N2O4S/c1-17-9-11-21(30-2)20(13-17)27-26-28-25(29)24(33-26)15-19-10-12-22(23(14-19)31-3)32-16-18-7-5-4-6-8-18/h4-15,26-27H,16H2,1-3H3,(H,28,29)/b24-15-. The first-order chi connectivity index (χ1) is 16.1. The summed E-state index contributed by atoms with van der Waals surface area (Å²) in [6.45, 7) is 2.46. The van der Waals surface area contributed by atoms with Gasteiger partial charge in [-0.05, 0) is 54.0 Å². The largest absolute Gasteiger partial charge is 0.495 e. The van der Waals surface area contributed by atoms with Gasteiger partial charge in [0.25, 0.3) is 5.91 Å². The SMILES string of the molecule is COc1ccc(C)cc1NC1NC(=O)/C(=C/c2ccc(OCc3ccccc3)c(OC)c2)S1. The molecule has 1 atom stereocenters. The molecule has 170 valence electrons. The minimum atomic E-state index is -0.296. The summed E-state index contributed by atoms with van der Waals surface area (Å²) in [5, 5.41) is 6.29. The lowest BCUT2D eigenvalue weighted by atomic mass is 10.2. The Labute approximate surface area is 197 Å². The summed E-state index contributed by atoms with van der Waals surface area (Å²) in [5.74, 6) is 1.86. The van der Waals surface area contributed by atoms with E-state index in [1.54, 1.807) is 14.2 Å². The number of hydrogen-bond acceptors (Lipinski definition) is 6. The first kappa shape index (κ1) is 22.6. The van der Waals surface area contributed by atoms with E-state index in [2.05, 4.69) is 10.6 Å². The Bertz CT molecular complexity index is 1160. The van der Waals surface area contributed by atoms with Gasteiger partial charge in [-0.15, -0.1) is 0 Å². The van der Waals surface area contributed by atoms with Crippen LogP contribution in [-0.2, 0) is 11.4 Å². The molecule has 0 radical (unpaired) electrons. The summed E-state index contributed by atoms with van der Waals surface area (Å²) >= 11 is 1.42. The molecule has 3 aromatic rings. The number of benzene rings is 3. The van der Waals surface area contributed by atoms with Crippen molar-refractivity contribution in [3.05, 3.63) is 88.3 Å². The van der Waals surface area contributed by atoms with E-state index in [9.17, 15) is 4.79 Å². The lowest BCUT2D eigenvalue weighted by Crippen LogP contribution is -2.31. The molecule has 0 bridgehead atoms. The van der Waals surface area contributed by atoms with Crippen LogP contribution in [0.15, 0.2) is 71.6 Å². The van der Waals surface area contributed by atoms with Crippen molar-refractivity contribution in [1.29, 1.82) is 0 Å². The highest BCUT2D eigenvalue weighted by Crippen LogP contribution is 2.35. The Morgan fingerprint density at radius 1 is 0.970 bits per heavy atom. The van der Waals surface area contributed by atoms with E-state index in [0.717, 1.165) is 28.1 Å². The molecule has 0 saturated carbocycles. The van der Waals surface area contributed by atoms with Gasteiger partial charge in [0.2, 0.25) is 0 Å². The number of nitrogens with one attached hydrogen (secondary N) is 2. The van der Waals surface area contributed by atoms with Gasteiger partial charge in [0, 0.05) is 0 Å². The summed E-state index contributed by atoms with van der Waals surface area (Å²) in [5.41, 5.74) is 3.57. The van der Waals surface area contributed by atoms with Crippen molar-refractivity contribution in [2.45, 2.75) is 19.0 Å². The van der Waals surface area contributed by atoms with Crippen molar-refractivity contribution in [3.63, 3.8) is 0 Å². The minimum Gasteiger partial charge on any atom is -0.495 e. The minimum absolute atomic E-state index is 0.132. The highest BCUT2D eigenvalue weighted by molar-refractivity contribution is 8.05. The van der Waals surface area contributed by atoms with Gasteiger partial charge >= 0.3 is 0 Å². The van der Waals surface area contributed by atoms with Crippen LogP contribution in [0.4, 0.5) is 5.69 Å². The number of aryl methyl sites for hydroxylation is 1. The first-order valence-electron chi connectivity index (χ1n) is 10.5. The highest BCUT2D eigenvalue weighted by Gasteiger charge is 2.28. The summed E-state index contributed by atoms with van der Waals surface area (Å²) in [6, 6.07) is 21.5. The molecule has 1 aliphatic heterocycles. The third kappa shape index (κ3) is 5.62. The maximum atomic E-state index is 12.6. The Hall–Kier alpha value is -3.58. The lowest BCUT2D eigenvalue weighted by molar-refractivity contribution is -0.116. The van der Waals surface area contributed by atoms with E-state index in [-0.39, 0.29) is 11.4 Å².